The van der Waals surface area contributed by atoms with Crippen LogP contribution in [-0.4, -0.2) is 21.3 Å². The summed E-state index contributed by atoms with van der Waals surface area (Å²) >= 11 is 0. The van der Waals surface area contributed by atoms with Gasteiger partial charge in [0.05, 0.1) is 5.56 Å². The second-order valence-corrected chi connectivity index (χ2v) is 3.83. The first kappa shape index (κ1) is 13.6. The van der Waals surface area contributed by atoms with Gasteiger partial charge in [-0.05, 0) is 24.3 Å². The Bertz CT molecular complexity index is 661. The zero-order valence-corrected chi connectivity index (χ0v) is 9.80. The van der Waals surface area contributed by atoms with E-state index < -0.39 is 40.6 Å². The van der Waals surface area contributed by atoms with Crippen molar-refractivity contribution in [3.05, 3.63) is 47.5 Å². The second-order valence-electron chi connectivity index (χ2n) is 3.83. The highest BCUT2D eigenvalue weighted by Gasteiger charge is 2.17. The lowest BCUT2D eigenvalue weighted by molar-refractivity contribution is 0.0726. The number of hydrogen-bond donors (Lipinski definition) is 3. The Morgan fingerprint density at radius 3 is 2.20 bits per heavy atom. The average Bonchev–Trinajstić information content (AvgIpc) is 2.39. The molecule has 0 saturated carbocycles. The lowest BCUT2D eigenvalue weighted by Gasteiger charge is -2.07. The number of phenolic OH excluding ortho intramolecular Hbond substituents is 3. The highest BCUT2D eigenvalue weighted by atomic mass is 19.1. The Kier molecular flexibility index (Phi) is 3.43. The topological polar surface area (TPSA) is 87.0 Å². The first-order chi connectivity index (χ1) is 9.38. The van der Waals surface area contributed by atoms with E-state index in [1.165, 1.54) is 0 Å². The molecule has 0 aliphatic rings. The molecule has 0 radical (unpaired) electrons. The molecule has 0 bridgehead atoms. The molecule has 0 amide bonds. The van der Waals surface area contributed by atoms with E-state index in [1.54, 1.807) is 0 Å². The van der Waals surface area contributed by atoms with Crippen molar-refractivity contribution >= 4 is 5.97 Å². The third-order valence-electron chi connectivity index (χ3n) is 2.40. The van der Waals surface area contributed by atoms with Gasteiger partial charge in [0.2, 0.25) is 0 Å². The molecule has 7 heteroatoms. The van der Waals surface area contributed by atoms with Crippen molar-refractivity contribution < 1.29 is 33.6 Å². The molecular formula is C13H8F2O5. The molecule has 0 saturated heterocycles. The van der Waals surface area contributed by atoms with Gasteiger partial charge in [0.1, 0.15) is 5.82 Å². The second kappa shape index (κ2) is 5.04. The zero-order chi connectivity index (χ0) is 14.9. The number of rotatable bonds is 2. The Balaban J connectivity index is 2.31. The van der Waals surface area contributed by atoms with E-state index in [-0.39, 0.29) is 5.56 Å². The van der Waals surface area contributed by atoms with Gasteiger partial charge in [-0.25, -0.2) is 13.6 Å². The van der Waals surface area contributed by atoms with Crippen LogP contribution in [0.5, 0.6) is 23.0 Å². The van der Waals surface area contributed by atoms with Gasteiger partial charge < -0.3 is 20.1 Å². The van der Waals surface area contributed by atoms with Crippen LogP contribution in [0.1, 0.15) is 10.4 Å². The minimum atomic E-state index is -1.14. The Morgan fingerprint density at radius 1 is 1.00 bits per heavy atom. The monoisotopic (exact) mass is 282 g/mol. The molecule has 0 fully saturated rings. The van der Waals surface area contributed by atoms with E-state index in [4.69, 9.17) is 5.11 Å². The summed E-state index contributed by atoms with van der Waals surface area (Å²) in [5.74, 6) is -5.84. The molecule has 0 heterocycles. The van der Waals surface area contributed by atoms with Crippen LogP contribution in [0.2, 0.25) is 0 Å². The number of carbonyl (C=O) groups is 1. The predicted octanol–water partition coefficient (Wildman–Crippen LogP) is 2.30. The first-order valence-electron chi connectivity index (χ1n) is 5.30. The number of hydrogen-bond acceptors (Lipinski definition) is 5. The van der Waals surface area contributed by atoms with E-state index >= 15 is 0 Å². The summed E-state index contributed by atoms with van der Waals surface area (Å²) in [6.45, 7) is 0. The molecular weight excluding hydrogens is 274 g/mol. The summed E-state index contributed by atoms with van der Waals surface area (Å²) in [4.78, 5) is 11.7. The molecule has 0 atom stereocenters. The molecule has 2 aromatic carbocycles. The van der Waals surface area contributed by atoms with Gasteiger partial charge in [0.15, 0.2) is 28.8 Å². The van der Waals surface area contributed by atoms with E-state index in [1.807, 2.05) is 0 Å². The zero-order valence-electron chi connectivity index (χ0n) is 9.80. The van der Waals surface area contributed by atoms with Crippen molar-refractivity contribution in [2.45, 2.75) is 0 Å². The largest absolute Gasteiger partial charge is 0.504 e. The summed E-state index contributed by atoms with van der Waals surface area (Å²) in [6, 6.07) is 3.94. The van der Waals surface area contributed by atoms with Gasteiger partial charge in [-0.3, -0.25) is 0 Å². The van der Waals surface area contributed by atoms with Gasteiger partial charge in [-0.15, -0.1) is 0 Å². The van der Waals surface area contributed by atoms with E-state index in [0.717, 1.165) is 24.3 Å². The molecule has 5 nitrogen and oxygen atoms in total. The third kappa shape index (κ3) is 2.61. The van der Waals surface area contributed by atoms with E-state index in [2.05, 4.69) is 4.74 Å². The molecule has 0 aliphatic carbocycles. The molecule has 0 spiro atoms. The summed E-state index contributed by atoms with van der Waals surface area (Å²) < 4.78 is 30.8. The van der Waals surface area contributed by atoms with Gasteiger partial charge >= 0.3 is 5.97 Å². The van der Waals surface area contributed by atoms with Crippen LogP contribution in [-0.2, 0) is 0 Å². The minimum absolute atomic E-state index is 0.346. The highest BCUT2D eigenvalue weighted by Crippen LogP contribution is 2.35. The fourth-order valence-electron chi connectivity index (χ4n) is 1.44. The maximum absolute atomic E-state index is 13.3. The number of phenols is 3. The lowest BCUT2D eigenvalue weighted by atomic mass is 10.2. The molecule has 104 valence electrons. The van der Waals surface area contributed by atoms with Crippen LogP contribution in [0.4, 0.5) is 8.78 Å². The molecule has 2 aromatic rings. The van der Waals surface area contributed by atoms with E-state index in [9.17, 15) is 23.8 Å². The standard InChI is InChI=1S/C13H8F2O5/c14-7-1-2-8(15)11(5-7)20-13(19)6-3-9(16)12(18)10(17)4-6/h1-5,16-18H. The van der Waals surface area contributed by atoms with Crippen LogP contribution in [0.25, 0.3) is 0 Å². The summed E-state index contributed by atoms with van der Waals surface area (Å²) in [7, 11) is 0. The van der Waals surface area contributed by atoms with Gasteiger partial charge in [0, 0.05) is 6.07 Å². The maximum Gasteiger partial charge on any atom is 0.343 e. The van der Waals surface area contributed by atoms with Gasteiger partial charge in [0.25, 0.3) is 0 Å². The normalized spacial score (nSPS) is 10.3. The Labute approximate surface area is 111 Å². The fraction of sp³-hybridized carbons (Fsp3) is 0. The summed E-state index contributed by atoms with van der Waals surface area (Å²) in [5, 5.41) is 27.6. The lowest BCUT2D eigenvalue weighted by Crippen LogP contribution is -2.09. The van der Waals surface area contributed by atoms with Gasteiger partial charge in [-0.1, -0.05) is 0 Å². The maximum atomic E-state index is 13.3. The molecule has 0 aliphatic heterocycles. The van der Waals surface area contributed by atoms with Gasteiger partial charge in [-0.2, -0.15) is 0 Å². The quantitative estimate of drug-likeness (QED) is 0.447. The molecule has 2 rings (SSSR count). The van der Waals surface area contributed by atoms with Crippen molar-refractivity contribution in [1.82, 2.24) is 0 Å². The number of carbonyl (C=O) groups excluding carboxylic acids is 1. The van der Waals surface area contributed by atoms with Crippen LogP contribution in [0.15, 0.2) is 30.3 Å². The smallest absolute Gasteiger partial charge is 0.343 e. The molecule has 20 heavy (non-hydrogen) atoms. The minimum Gasteiger partial charge on any atom is -0.504 e. The Morgan fingerprint density at radius 2 is 1.60 bits per heavy atom. The molecule has 0 aromatic heterocycles. The number of aromatic hydroxyl groups is 3. The number of ether oxygens (including phenoxy) is 1. The Hall–Kier alpha value is -2.83. The molecule has 0 unspecified atom stereocenters. The van der Waals surface area contributed by atoms with Crippen molar-refractivity contribution in [2.24, 2.45) is 0 Å². The van der Waals surface area contributed by atoms with Crippen LogP contribution < -0.4 is 4.74 Å². The van der Waals surface area contributed by atoms with Crippen molar-refractivity contribution in [3.8, 4) is 23.0 Å². The predicted molar refractivity (Wildman–Crippen MR) is 62.8 cm³/mol. The summed E-state index contributed by atoms with van der Waals surface area (Å²) in [5.41, 5.74) is -0.346. The van der Waals surface area contributed by atoms with Crippen LogP contribution >= 0.6 is 0 Å². The number of esters is 1. The fourth-order valence-corrected chi connectivity index (χ4v) is 1.44. The van der Waals surface area contributed by atoms with Crippen LogP contribution in [0, 0.1) is 11.6 Å². The van der Waals surface area contributed by atoms with Crippen LogP contribution in [0.3, 0.4) is 0 Å². The molecule has 3 N–H and O–H groups in total. The average molecular weight is 282 g/mol. The van der Waals surface area contributed by atoms with Crippen molar-refractivity contribution in [2.75, 3.05) is 0 Å². The van der Waals surface area contributed by atoms with Crippen molar-refractivity contribution in [3.63, 3.8) is 0 Å². The van der Waals surface area contributed by atoms with E-state index in [0.29, 0.717) is 6.07 Å². The number of halogens is 2. The van der Waals surface area contributed by atoms with Crippen molar-refractivity contribution in [1.29, 1.82) is 0 Å². The summed E-state index contributed by atoms with van der Waals surface area (Å²) in [6.07, 6.45) is 0. The number of benzene rings is 2. The SMILES string of the molecule is O=C(Oc1cc(F)ccc1F)c1cc(O)c(O)c(O)c1. The third-order valence-corrected chi connectivity index (χ3v) is 2.40. The highest BCUT2D eigenvalue weighted by molar-refractivity contribution is 5.92. The first-order valence-corrected chi connectivity index (χ1v) is 5.30.